The smallest absolute Gasteiger partial charge is 0.0560 e. The average molecular weight is 219 g/mol. The fourth-order valence-corrected chi connectivity index (χ4v) is 1.99. The zero-order chi connectivity index (χ0) is 11.4. The van der Waals surface area contributed by atoms with E-state index in [4.69, 9.17) is 5.73 Å². The lowest BCUT2D eigenvalue weighted by atomic mass is 10.2. The number of anilines is 1. The predicted molar refractivity (Wildman–Crippen MR) is 67.4 cm³/mol. The highest BCUT2D eigenvalue weighted by Crippen LogP contribution is 2.31. The number of unbranched alkanes of at least 4 members (excludes halogenated alkanes) is 1. The number of rotatable bonds is 6. The van der Waals surface area contributed by atoms with Gasteiger partial charge < -0.3 is 10.6 Å². The quantitative estimate of drug-likeness (QED) is 0.798. The lowest BCUT2D eigenvalue weighted by molar-refractivity contribution is 0.711. The van der Waals surface area contributed by atoms with Gasteiger partial charge in [-0.1, -0.05) is 13.3 Å². The molecule has 0 unspecified atom stereocenters. The van der Waals surface area contributed by atoms with Crippen molar-refractivity contribution in [2.75, 3.05) is 11.4 Å². The van der Waals surface area contributed by atoms with E-state index in [0.29, 0.717) is 6.54 Å². The summed E-state index contributed by atoms with van der Waals surface area (Å²) >= 11 is 0. The minimum absolute atomic E-state index is 0.528. The Morgan fingerprint density at radius 3 is 2.94 bits per heavy atom. The van der Waals surface area contributed by atoms with E-state index < -0.39 is 0 Å². The van der Waals surface area contributed by atoms with Gasteiger partial charge in [-0.2, -0.15) is 0 Å². The molecule has 0 radical (unpaired) electrons. The number of hydrogen-bond acceptors (Lipinski definition) is 3. The van der Waals surface area contributed by atoms with Crippen molar-refractivity contribution < 1.29 is 0 Å². The third kappa shape index (κ3) is 2.73. The maximum atomic E-state index is 5.63. The summed E-state index contributed by atoms with van der Waals surface area (Å²) in [5.41, 5.74) is 7.91. The van der Waals surface area contributed by atoms with Gasteiger partial charge in [-0.3, -0.25) is 4.98 Å². The fourth-order valence-electron chi connectivity index (χ4n) is 1.99. The molecule has 0 saturated heterocycles. The van der Waals surface area contributed by atoms with E-state index >= 15 is 0 Å². The topological polar surface area (TPSA) is 42.2 Å². The van der Waals surface area contributed by atoms with Crippen LogP contribution in [0.5, 0.6) is 0 Å². The fraction of sp³-hybridized carbons (Fsp3) is 0.615. The van der Waals surface area contributed by atoms with Crippen LogP contribution >= 0.6 is 0 Å². The Morgan fingerprint density at radius 1 is 1.50 bits per heavy atom. The average Bonchev–Trinajstić information content (AvgIpc) is 3.14. The highest BCUT2D eigenvalue weighted by Gasteiger charge is 2.28. The Labute approximate surface area is 97.7 Å². The SMILES string of the molecule is CCCCN(c1ccnc(CN)c1)C1CC1. The molecule has 0 bridgehead atoms. The number of nitrogens with two attached hydrogens (primary N) is 1. The molecule has 1 aliphatic carbocycles. The molecule has 88 valence electrons. The summed E-state index contributed by atoms with van der Waals surface area (Å²) in [6.07, 6.45) is 7.06. The van der Waals surface area contributed by atoms with Gasteiger partial charge in [0.15, 0.2) is 0 Å². The van der Waals surface area contributed by atoms with Crippen LogP contribution in [0.1, 0.15) is 38.3 Å². The molecule has 1 saturated carbocycles. The molecule has 1 fully saturated rings. The van der Waals surface area contributed by atoms with Crippen LogP contribution in [0, 0.1) is 0 Å². The molecule has 1 aliphatic rings. The van der Waals surface area contributed by atoms with Crippen LogP contribution in [0.3, 0.4) is 0 Å². The van der Waals surface area contributed by atoms with Crippen LogP contribution in [0.25, 0.3) is 0 Å². The van der Waals surface area contributed by atoms with E-state index in [1.165, 1.54) is 31.4 Å². The van der Waals surface area contributed by atoms with Crippen molar-refractivity contribution in [2.45, 2.75) is 45.2 Å². The second-order valence-corrected chi connectivity index (χ2v) is 4.49. The largest absolute Gasteiger partial charge is 0.368 e. The normalized spacial score (nSPS) is 15.1. The van der Waals surface area contributed by atoms with Gasteiger partial charge >= 0.3 is 0 Å². The summed E-state index contributed by atoms with van der Waals surface area (Å²) in [7, 11) is 0. The van der Waals surface area contributed by atoms with Crippen LogP contribution in [-0.4, -0.2) is 17.6 Å². The molecular formula is C13H21N3. The number of pyridine rings is 1. The molecule has 16 heavy (non-hydrogen) atoms. The molecule has 3 nitrogen and oxygen atoms in total. The molecule has 1 aromatic heterocycles. The van der Waals surface area contributed by atoms with E-state index in [9.17, 15) is 0 Å². The predicted octanol–water partition coefficient (Wildman–Crippen LogP) is 2.31. The molecule has 0 atom stereocenters. The van der Waals surface area contributed by atoms with Gasteiger partial charge in [-0.25, -0.2) is 0 Å². The standard InChI is InChI=1S/C13H21N3/c1-2-3-8-16(12-4-5-12)13-6-7-15-11(9-13)10-14/h6-7,9,12H,2-5,8,10,14H2,1H3. The van der Waals surface area contributed by atoms with Crippen molar-refractivity contribution in [1.82, 2.24) is 4.98 Å². The number of aromatic nitrogens is 1. The van der Waals surface area contributed by atoms with Crippen molar-refractivity contribution in [1.29, 1.82) is 0 Å². The van der Waals surface area contributed by atoms with E-state index in [1.807, 2.05) is 6.20 Å². The number of hydrogen-bond donors (Lipinski definition) is 1. The lowest BCUT2D eigenvalue weighted by Gasteiger charge is -2.24. The highest BCUT2D eigenvalue weighted by atomic mass is 15.2. The van der Waals surface area contributed by atoms with E-state index in [0.717, 1.165) is 18.3 Å². The van der Waals surface area contributed by atoms with Crippen molar-refractivity contribution in [3.8, 4) is 0 Å². The van der Waals surface area contributed by atoms with Crippen molar-refractivity contribution >= 4 is 5.69 Å². The Bertz CT molecular complexity index is 334. The Hall–Kier alpha value is -1.09. The molecule has 2 N–H and O–H groups in total. The van der Waals surface area contributed by atoms with E-state index in [1.54, 1.807) is 0 Å². The van der Waals surface area contributed by atoms with Crippen molar-refractivity contribution in [3.05, 3.63) is 24.0 Å². The maximum absolute atomic E-state index is 5.63. The van der Waals surface area contributed by atoms with E-state index in [2.05, 4.69) is 28.9 Å². The summed E-state index contributed by atoms with van der Waals surface area (Å²) in [5, 5.41) is 0. The molecule has 1 heterocycles. The van der Waals surface area contributed by atoms with Crippen LogP contribution in [0.2, 0.25) is 0 Å². The van der Waals surface area contributed by atoms with Crippen LogP contribution in [0.4, 0.5) is 5.69 Å². The molecule has 1 aromatic rings. The maximum Gasteiger partial charge on any atom is 0.0560 e. The van der Waals surface area contributed by atoms with E-state index in [-0.39, 0.29) is 0 Å². The molecule has 3 heteroatoms. The van der Waals surface area contributed by atoms with Crippen LogP contribution in [0.15, 0.2) is 18.3 Å². The summed E-state index contributed by atoms with van der Waals surface area (Å²) in [6.45, 7) is 3.93. The first-order valence-electron chi connectivity index (χ1n) is 6.26. The first-order chi connectivity index (χ1) is 7.85. The minimum Gasteiger partial charge on any atom is -0.368 e. The minimum atomic E-state index is 0.528. The van der Waals surface area contributed by atoms with Gasteiger partial charge in [-0.05, 0) is 31.4 Å². The van der Waals surface area contributed by atoms with Crippen LogP contribution < -0.4 is 10.6 Å². The van der Waals surface area contributed by atoms with Gasteiger partial charge in [0, 0.05) is 31.0 Å². The first-order valence-corrected chi connectivity index (χ1v) is 6.26. The summed E-state index contributed by atoms with van der Waals surface area (Å²) < 4.78 is 0. The molecule has 2 rings (SSSR count). The number of nitrogens with zero attached hydrogens (tertiary/aromatic N) is 2. The summed E-state index contributed by atoms with van der Waals surface area (Å²) in [4.78, 5) is 6.77. The molecule has 0 aromatic carbocycles. The zero-order valence-corrected chi connectivity index (χ0v) is 10.0. The molecular weight excluding hydrogens is 198 g/mol. The van der Waals surface area contributed by atoms with Crippen molar-refractivity contribution in [2.24, 2.45) is 5.73 Å². The Balaban J connectivity index is 2.10. The van der Waals surface area contributed by atoms with Gasteiger partial charge in [-0.15, -0.1) is 0 Å². The summed E-state index contributed by atoms with van der Waals surface area (Å²) in [6, 6.07) is 5.00. The monoisotopic (exact) mass is 219 g/mol. The van der Waals surface area contributed by atoms with Gasteiger partial charge in [0.05, 0.1) is 5.69 Å². The van der Waals surface area contributed by atoms with Crippen molar-refractivity contribution in [3.63, 3.8) is 0 Å². The zero-order valence-electron chi connectivity index (χ0n) is 10.0. The summed E-state index contributed by atoms with van der Waals surface area (Å²) in [5.74, 6) is 0. The Kier molecular flexibility index (Phi) is 3.78. The Morgan fingerprint density at radius 2 is 2.31 bits per heavy atom. The molecule has 0 spiro atoms. The first kappa shape index (κ1) is 11.4. The lowest BCUT2D eigenvalue weighted by Crippen LogP contribution is -2.27. The van der Waals surface area contributed by atoms with Gasteiger partial charge in [0.2, 0.25) is 0 Å². The molecule has 0 amide bonds. The van der Waals surface area contributed by atoms with Gasteiger partial charge in [0.25, 0.3) is 0 Å². The third-order valence-corrected chi connectivity index (χ3v) is 3.08. The van der Waals surface area contributed by atoms with Gasteiger partial charge in [0.1, 0.15) is 0 Å². The van der Waals surface area contributed by atoms with Crippen LogP contribution in [-0.2, 0) is 6.54 Å². The highest BCUT2D eigenvalue weighted by molar-refractivity contribution is 5.48. The molecule has 0 aliphatic heterocycles. The third-order valence-electron chi connectivity index (χ3n) is 3.08. The second-order valence-electron chi connectivity index (χ2n) is 4.49. The second kappa shape index (κ2) is 5.30.